The maximum absolute atomic E-state index is 12.0. The van der Waals surface area contributed by atoms with E-state index in [1.54, 1.807) is 30.3 Å². The van der Waals surface area contributed by atoms with Crippen molar-refractivity contribution in [3.05, 3.63) is 35.9 Å². The summed E-state index contributed by atoms with van der Waals surface area (Å²) in [6, 6.07) is 8.62. The molecule has 1 fully saturated rings. The molecule has 0 aromatic heterocycles. The fourth-order valence-corrected chi connectivity index (χ4v) is 6.05. The second kappa shape index (κ2) is 14.2. The van der Waals surface area contributed by atoms with Gasteiger partial charge in [0.05, 0.1) is 0 Å². The van der Waals surface area contributed by atoms with Gasteiger partial charge in [0.15, 0.2) is 0 Å². The Kier molecular flexibility index (Phi) is 11.7. The number of rotatable bonds is 11. The van der Waals surface area contributed by atoms with Crippen LogP contribution in [0.15, 0.2) is 35.5 Å². The summed E-state index contributed by atoms with van der Waals surface area (Å²) >= 11 is -1.05. The summed E-state index contributed by atoms with van der Waals surface area (Å²) in [5.74, 6) is -3.06. The molecular weight excluding hydrogens is 597 g/mol. The molecule has 1 aromatic rings. The van der Waals surface area contributed by atoms with Crippen LogP contribution in [-0.4, -0.2) is 92.4 Å². The van der Waals surface area contributed by atoms with E-state index in [0.717, 1.165) is 27.7 Å². The minimum absolute atomic E-state index is 0.0171. The van der Waals surface area contributed by atoms with Crippen LogP contribution in [-0.2, 0) is 64.0 Å². The summed E-state index contributed by atoms with van der Waals surface area (Å²) < 4.78 is 64.5. The first-order chi connectivity index (χ1) is 17.7. The van der Waals surface area contributed by atoms with Crippen molar-refractivity contribution in [1.29, 1.82) is 0 Å². The predicted octanol–water partition coefficient (Wildman–Crippen LogP) is -0.193. The van der Waals surface area contributed by atoms with Crippen molar-refractivity contribution in [2.45, 2.75) is 63.5 Å². The first kappa shape index (κ1) is 31.2. The van der Waals surface area contributed by atoms with Crippen LogP contribution in [0.3, 0.4) is 0 Å². The number of ether oxygens (including phenoxy) is 5. The molecule has 0 bridgehead atoms. The summed E-state index contributed by atoms with van der Waals surface area (Å²) in [6.07, 6.45) is -5.28. The van der Waals surface area contributed by atoms with E-state index in [1.807, 2.05) is 0 Å². The van der Waals surface area contributed by atoms with E-state index in [1.165, 1.54) is 0 Å². The molecule has 1 aliphatic heterocycles. The molecule has 14 nitrogen and oxygen atoms in total. The van der Waals surface area contributed by atoms with E-state index >= 15 is 0 Å². The second-order valence-corrected chi connectivity index (χ2v) is 11.2. The summed E-state index contributed by atoms with van der Waals surface area (Å²) in [6.45, 7) is 3.98. The zero-order valence-electron chi connectivity index (χ0n) is 20.8. The van der Waals surface area contributed by atoms with Gasteiger partial charge in [0.1, 0.15) is 0 Å². The Labute approximate surface area is 225 Å². The van der Waals surface area contributed by atoms with E-state index in [-0.39, 0.29) is 11.0 Å². The number of carbonyl (C=O) groups is 4. The van der Waals surface area contributed by atoms with E-state index in [2.05, 4.69) is 9.44 Å². The molecule has 1 saturated heterocycles. The molecule has 0 amide bonds. The zero-order valence-corrected chi connectivity index (χ0v) is 23.3. The number of hydrogen-bond acceptors (Lipinski definition) is 14. The van der Waals surface area contributed by atoms with Crippen LogP contribution in [0.1, 0.15) is 33.3 Å². The number of oxime groups is 1. The topological polar surface area (TPSA) is 193 Å². The summed E-state index contributed by atoms with van der Waals surface area (Å²) in [5.41, 5.74) is 0.672. The van der Waals surface area contributed by atoms with Gasteiger partial charge < -0.3 is 0 Å². The molecule has 210 valence electrons. The van der Waals surface area contributed by atoms with Crippen LogP contribution in [0, 0.1) is 0 Å². The standard InChI is InChI=1S/C22H27NO13SSe/c1-12(24)31-11-17-19(32-13(2)25)20(33-14(3)26)21(34-15(4)27)22(35-17)38-18(23-36-37(28,29)30)10-16-8-6-5-7-9-16/h5-9,17,19-22H,10-11H2,1-4H3,(H,28,29,30)/p-1/b23-18-/t17-,19-,20+,21-,22+/m1/s1. The predicted molar refractivity (Wildman–Crippen MR) is 126 cm³/mol. The average molecular weight is 623 g/mol. The number of benzene rings is 1. The Balaban J connectivity index is 2.53. The molecule has 1 heterocycles. The van der Waals surface area contributed by atoms with Crippen LogP contribution in [0.2, 0.25) is 0 Å². The van der Waals surface area contributed by atoms with Crippen molar-refractivity contribution in [3.8, 4) is 0 Å². The van der Waals surface area contributed by atoms with Crippen LogP contribution < -0.4 is 0 Å². The van der Waals surface area contributed by atoms with Crippen LogP contribution in [0.5, 0.6) is 0 Å². The SMILES string of the molecule is CC(=O)OC[C@H]1O[C@@H]([Se]/C(Cc2ccccc2)=N\OS(=O)(=O)[O-])[C@H](OC(C)=O)[C@@H](OC(C)=O)[C@@H]1OC(C)=O. The van der Waals surface area contributed by atoms with E-state index in [0.29, 0.717) is 5.56 Å². The monoisotopic (exact) mass is 624 g/mol. The average Bonchev–Trinajstić information content (AvgIpc) is 2.79. The van der Waals surface area contributed by atoms with E-state index in [4.69, 9.17) is 23.7 Å². The molecule has 2 rings (SSSR count). The van der Waals surface area contributed by atoms with Gasteiger partial charge in [0, 0.05) is 0 Å². The van der Waals surface area contributed by atoms with E-state index in [9.17, 15) is 32.1 Å². The van der Waals surface area contributed by atoms with Gasteiger partial charge in [-0.1, -0.05) is 0 Å². The Bertz CT molecular complexity index is 1140. The molecule has 0 radical (unpaired) electrons. The second-order valence-electron chi connectivity index (χ2n) is 7.82. The summed E-state index contributed by atoms with van der Waals surface area (Å²) in [5, 5.41) is 2.35. The number of esters is 4. The molecule has 0 aliphatic carbocycles. The quantitative estimate of drug-likeness (QED) is 0.0599. The molecule has 1 aliphatic rings. The molecule has 5 atom stereocenters. The third-order valence-electron chi connectivity index (χ3n) is 4.63. The Hall–Kier alpha value is -3.04. The number of hydrogen-bond donors (Lipinski definition) is 0. The molecular formula is C22H26NO13SSe-. The van der Waals surface area contributed by atoms with Crippen molar-refractivity contribution < 1.29 is 60.1 Å². The fraction of sp³-hybridized carbons (Fsp3) is 0.500. The summed E-state index contributed by atoms with van der Waals surface area (Å²) in [7, 11) is -5.20. The van der Waals surface area contributed by atoms with Crippen molar-refractivity contribution in [3.63, 3.8) is 0 Å². The van der Waals surface area contributed by atoms with Gasteiger partial charge in [-0.05, 0) is 0 Å². The molecule has 0 unspecified atom stereocenters. The number of carbonyl (C=O) groups excluding carboxylic acids is 4. The Morgan fingerprint density at radius 3 is 1.97 bits per heavy atom. The molecule has 0 spiro atoms. The van der Waals surface area contributed by atoms with Gasteiger partial charge in [-0.15, -0.1) is 0 Å². The van der Waals surface area contributed by atoms with Gasteiger partial charge in [-0.25, -0.2) is 0 Å². The first-order valence-electron chi connectivity index (χ1n) is 11.0. The molecule has 38 heavy (non-hydrogen) atoms. The van der Waals surface area contributed by atoms with Crippen LogP contribution in [0.25, 0.3) is 0 Å². The summed E-state index contributed by atoms with van der Waals surface area (Å²) in [4.78, 5) is 47.3. The van der Waals surface area contributed by atoms with Gasteiger partial charge in [-0.2, -0.15) is 0 Å². The third kappa shape index (κ3) is 10.8. The van der Waals surface area contributed by atoms with Crippen LogP contribution in [0.4, 0.5) is 0 Å². The zero-order chi connectivity index (χ0) is 28.5. The van der Waals surface area contributed by atoms with Crippen molar-refractivity contribution in [2.24, 2.45) is 5.16 Å². The molecule has 1 aromatic carbocycles. The van der Waals surface area contributed by atoms with Crippen molar-refractivity contribution in [2.75, 3.05) is 6.61 Å². The van der Waals surface area contributed by atoms with Gasteiger partial charge in [-0.3, -0.25) is 0 Å². The maximum atomic E-state index is 12.0. The first-order valence-corrected chi connectivity index (χ1v) is 14.2. The normalized spacial score (nSPS) is 23.6. The van der Waals surface area contributed by atoms with Crippen molar-refractivity contribution in [1.82, 2.24) is 0 Å². The molecule has 16 heteroatoms. The fourth-order valence-electron chi connectivity index (χ4n) is 3.37. The van der Waals surface area contributed by atoms with Crippen LogP contribution >= 0.6 is 0 Å². The minimum atomic E-state index is -5.20. The third-order valence-corrected chi connectivity index (χ3v) is 7.20. The van der Waals surface area contributed by atoms with E-state index < -0.39 is 85.3 Å². The Morgan fingerprint density at radius 2 is 1.45 bits per heavy atom. The molecule has 0 N–H and O–H groups in total. The van der Waals surface area contributed by atoms with Gasteiger partial charge in [0.2, 0.25) is 0 Å². The van der Waals surface area contributed by atoms with Gasteiger partial charge in [0.25, 0.3) is 0 Å². The van der Waals surface area contributed by atoms with Crippen molar-refractivity contribution >= 4 is 53.8 Å². The molecule has 0 saturated carbocycles. The van der Waals surface area contributed by atoms with Gasteiger partial charge >= 0.3 is 225 Å². The number of nitrogens with zero attached hydrogens (tertiary/aromatic N) is 1. The Morgan fingerprint density at radius 1 is 0.895 bits per heavy atom.